The Bertz CT molecular complexity index is 1160. The standard InChI is InChI=1S/C25H25N2.ClHO4/c1-3-26-22(18-16-20-10-5-7-14-24(20)26)12-9-13-23-19-17-21-11-6-8-15-25(21)27(23)4-2;2-1(3,4)5/h5-19H,3-4H2,1-2H3;(H,2,3,4,5)/q+1;/p-1. The predicted octanol–water partition coefficient (Wildman–Crippen LogP) is 0.842. The van der Waals surface area contributed by atoms with E-state index < -0.39 is 10.2 Å². The van der Waals surface area contributed by atoms with Crippen molar-refractivity contribution < 1.29 is 33.4 Å². The quantitative estimate of drug-likeness (QED) is 0.546. The van der Waals surface area contributed by atoms with Gasteiger partial charge >= 0.3 is 0 Å². The molecule has 4 rings (SSSR count). The Labute approximate surface area is 190 Å². The number of hydrogen-bond donors (Lipinski definition) is 0. The van der Waals surface area contributed by atoms with E-state index >= 15 is 0 Å². The molecular weight excluding hydrogens is 428 g/mol. The lowest BCUT2D eigenvalue weighted by Gasteiger charge is -2.29. The van der Waals surface area contributed by atoms with E-state index in [1.807, 2.05) is 0 Å². The minimum absolute atomic E-state index is 0.950. The van der Waals surface area contributed by atoms with Gasteiger partial charge in [-0.05, 0) is 49.8 Å². The average Bonchev–Trinajstić information content (AvgIpc) is 2.77. The van der Waals surface area contributed by atoms with Crippen LogP contribution >= 0.6 is 0 Å². The summed E-state index contributed by atoms with van der Waals surface area (Å²) in [5.74, 6) is 0. The number of hydrogen-bond acceptors (Lipinski definition) is 5. The number of allylic oxidation sites excluding steroid dienone is 3. The molecule has 0 saturated heterocycles. The molecule has 2 aromatic carbocycles. The highest BCUT2D eigenvalue weighted by Gasteiger charge is 2.15. The van der Waals surface area contributed by atoms with Gasteiger partial charge in [-0.15, -0.1) is 10.2 Å². The van der Waals surface area contributed by atoms with Crippen LogP contribution < -0.4 is 28.1 Å². The summed E-state index contributed by atoms with van der Waals surface area (Å²) in [6.45, 7) is 6.29. The van der Waals surface area contributed by atoms with Gasteiger partial charge in [0.15, 0.2) is 0 Å². The van der Waals surface area contributed by atoms with E-state index in [1.165, 1.54) is 33.5 Å². The number of pyridine rings is 1. The molecule has 0 unspecified atom stereocenters. The Hall–Kier alpha value is -3.00. The first-order chi connectivity index (χ1) is 15.3. The van der Waals surface area contributed by atoms with Crippen LogP contribution in [0, 0.1) is 10.2 Å². The maximum absolute atomic E-state index is 8.49. The van der Waals surface area contributed by atoms with E-state index in [4.69, 9.17) is 18.6 Å². The number of aryl methyl sites for hydroxylation is 1. The first kappa shape index (κ1) is 23.7. The van der Waals surface area contributed by atoms with Gasteiger partial charge in [0, 0.05) is 41.5 Å². The minimum atomic E-state index is -4.94. The maximum atomic E-state index is 8.49. The highest BCUT2D eigenvalue weighted by Crippen LogP contribution is 2.30. The van der Waals surface area contributed by atoms with Crippen LogP contribution in [0.25, 0.3) is 23.1 Å². The molecule has 2 heterocycles. The molecule has 0 spiro atoms. The molecule has 1 aromatic heterocycles. The molecule has 0 aliphatic carbocycles. The molecule has 7 heteroatoms. The molecule has 0 N–H and O–H groups in total. The third-order valence-corrected chi connectivity index (χ3v) is 5.11. The van der Waals surface area contributed by atoms with Gasteiger partial charge in [0.05, 0.1) is 0 Å². The maximum Gasteiger partial charge on any atom is 0.212 e. The second kappa shape index (κ2) is 10.5. The zero-order valence-electron chi connectivity index (χ0n) is 18.0. The van der Waals surface area contributed by atoms with Crippen molar-refractivity contribution in [1.82, 2.24) is 0 Å². The van der Waals surface area contributed by atoms with E-state index in [0.717, 1.165) is 13.1 Å². The molecule has 0 fully saturated rings. The SMILES string of the molecule is CCN1/C(=C/C=C/c2ccc3ccccc3[n+]2CC)C=Cc2ccccc21.[O-][Cl+3]([O-])([O-])[O-]. The molecule has 0 atom stereocenters. The van der Waals surface area contributed by atoms with Crippen molar-refractivity contribution in [2.75, 3.05) is 11.4 Å². The summed E-state index contributed by atoms with van der Waals surface area (Å²) < 4.78 is 36.3. The van der Waals surface area contributed by atoms with Gasteiger partial charge in [-0.3, -0.25) is 0 Å². The molecule has 0 radical (unpaired) electrons. The van der Waals surface area contributed by atoms with Crippen LogP contribution in [0.4, 0.5) is 5.69 Å². The second-order valence-corrected chi connectivity index (χ2v) is 7.78. The molecule has 0 bridgehead atoms. The summed E-state index contributed by atoms with van der Waals surface area (Å²) >= 11 is 0. The number of fused-ring (bicyclic) bond motifs is 2. The lowest BCUT2D eigenvalue weighted by Crippen LogP contribution is -2.68. The van der Waals surface area contributed by atoms with E-state index in [1.54, 1.807) is 0 Å². The lowest BCUT2D eigenvalue weighted by atomic mass is 10.1. The average molecular weight is 453 g/mol. The van der Waals surface area contributed by atoms with Crippen LogP contribution in [-0.4, -0.2) is 6.54 Å². The summed E-state index contributed by atoms with van der Waals surface area (Å²) in [4.78, 5) is 2.36. The highest BCUT2D eigenvalue weighted by molar-refractivity contribution is 5.77. The Balaban J connectivity index is 0.000000523. The van der Waals surface area contributed by atoms with Crippen molar-refractivity contribution in [2.24, 2.45) is 0 Å². The topological polar surface area (TPSA) is 99.4 Å². The third-order valence-electron chi connectivity index (χ3n) is 5.11. The van der Waals surface area contributed by atoms with E-state index in [-0.39, 0.29) is 0 Å². The predicted molar refractivity (Wildman–Crippen MR) is 115 cm³/mol. The van der Waals surface area contributed by atoms with E-state index in [0.29, 0.717) is 0 Å². The number of halogens is 1. The van der Waals surface area contributed by atoms with Crippen molar-refractivity contribution in [1.29, 1.82) is 0 Å². The zero-order valence-corrected chi connectivity index (χ0v) is 18.7. The van der Waals surface area contributed by atoms with Crippen LogP contribution in [0.3, 0.4) is 0 Å². The fourth-order valence-electron chi connectivity index (χ4n) is 3.80. The van der Waals surface area contributed by atoms with Gasteiger partial charge in [0.25, 0.3) is 0 Å². The van der Waals surface area contributed by atoms with Crippen LogP contribution in [0.2, 0.25) is 0 Å². The van der Waals surface area contributed by atoms with E-state index in [9.17, 15) is 0 Å². The second-order valence-electron chi connectivity index (χ2n) is 7.03. The lowest BCUT2D eigenvalue weighted by molar-refractivity contribution is -2.00. The number of benzene rings is 2. The molecule has 1 aliphatic heterocycles. The summed E-state index contributed by atoms with van der Waals surface area (Å²) in [6.07, 6.45) is 11.0. The minimum Gasteiger partial charge on any atom is -0.341 e. The monoisotopic (exact) mass is 452 g/mol. The fourth-order valence-corrected chi connectivity index (χ4v) is 3.80. The van der Waals surface area contributed by atoms with Crippen LogP contribution in [-0.2, 0) is 6.54 Å². The molecule has 1 aliphatic rings. The van der Waals surface area contributed by atoms with Gasteiger partial charge in [0.2, 0.25) is 11.2 Å². The van der Waals surface area contributed by atoms with Gasteiger partial charge in [-0.2, -0.15) is 4.57 Å². The molecular formula is C25H25ClN2O4. The van der Waals surface area contributed by atoms with Crippen LogP contribution in [0.15, 0.2) is 84.6 Å². The molecule has 166 valence electrons. The molecule has 6 nitrogen and oxygen atoms in total. The van der Waals surface area contributed by atoms with Crippen molar-refractivity contribution in [2.45, 2.75) is 20.4 Å². The Morgan fingerprint density at radius 1 is 0.875 bits per heavy atom. The van der Waals surface area contributed by atoms with Gasteiger partial charge in [-0.25, -0.2) is 18.6 Å². The number of para-hydroxylation sites is 2. The zero-order chi connectivity index (χ0) is 23.1. The van der Waals surface area contributed by atoms with Gasteiger partial charge in [0.1, 0.15) is 6.54 Å². The molecule has 0 amide bonds. The first-order valence-electron chi connectivity index (χ1n) is 10.3. The largest absolute Gasteiger partial charge is 0.341 e. The number of likely N-dealkylation sites (N-methyl/N-ethyl adjacent to an activating group) is 1. The summed E-state index contributed by atoms with van der Waals surface area (Å²) in [7, 11) is -4.94. The Morgan fingerprint density at radius 3 is 2.28 bits per heavy atom. The number of aromatic nitrogens is 1. The fraction of sp³-hybridized carbons (Fsp3) is 0.160. The number of nitrogens with zero attached hydrogens (tertiary/aromatic N) is 2. The smallest absolute Gasteiger partial charge is 0.212 e. The van der Waals surface area contributed by atoms with Crippen molar-refractivity contribution in [3.05, 3.63) is 95.8 Å². The van der Waals surface area contributed by atoms with Crippen LogP contribution in [0.1, 0.15) is 25.1 Å². The molecule has 0 saturated carbocycles. The number of anilines is 1. The molecule has 3 aromatic rings. The highest BCUT2D eigenvalue weighted by atomic mass is 35.7. The molecule has 32 heavy (non-hydrogen) atoms. The Morgan fingerprint density at radius 2 is 1.56 bits per heavy atom. The normalized spacial score (nSPS) is 14.6. The van der Waals surface area contributed by atoms with E-state index in [2.05, 4.69) is 114 Å². The summed E-state index contributed by atoms with van der Waals surface area (Å²) in [5.41, 5.74) is 6.26. The summed E-state index contributed by atoms with van der Waals surface area (Å²) in [6, 6.07) is 21.5. The van der Waals surface area contributed by atoms with Crippen molar-refractivity contribution in [3.63, 3.8) is 0 Å². The number of rotatable bonds is 4. The third kappa shape index (κ3) is 6.03. The summed E-state index contributed by atoms with van der Waals surface area (Å²) in [5, 5.41) is 1.28. The Kier molecular flexibility index (Phi) is 7.80. The van der Waals surface area contributed by atoms with Crippen molar-refractivity contribution >= 4 is 28.7 Å². The first-order valence-corrected chi connectivity index (χ1v) is 11.5. The van der Waals surface area contributed by atoms with Crippen molar-refractivity contribution in [3.8, 4) is 0 Å². The van der Waals surface area contributed by atoms with Crippen LogP contribution in [0.5, 0.6) is 0 Å². The van der Waals surface area contributed by atoms with Gasteiger partial charge in [-0.1, -0.05) is 42.5 Å². The van der Waals surface area contributed by atoms with Gasteiger partial charge < -0.3 is 4.90 Å².